The number of carbonyl (C=O) groups excluding carboxylic acids is 1. The first-order valence-corrected chi connectivity index (χ1v) is 17.9. The van der Waals surface area contributed by atoms with Crippen LogP contribution in [0, 0.1) is 17.5 Å². The van der Waals surface area contributed by atoms with Crippen molar-refractivity contribution in [2.75, 3.05) is 0 Å². The van der Waals surface area contributed by atoms with Crippen LogP contribution in [0.3, 0.4) is 0 Å². The molecule has 0 saturated carbocycles. The van der Waals surface area contributed by atoms with E-state index in [-0.39, 0.29) is 25.8 Å². The van der Waals surface area contributed by atoms with Gasteiger partial charge in [-0.05, 0) is 73.6 Å². The quantitative estimate of drug-likeness (QED) is 0.0506. The number of tetrazole rings is 1. The van der Waals surface area contributed by atoms with E-state index in [1.807, 2.05) is 82.3 Å². The Morgan fingerprint density at radius 3 is 1.87 bits per heavy atom. The number of benzene rings is 4. The fourth-order valence-electron chi connectivity index (χ4n) is 6.74. The van der Waals surface area contributed by atoms with Gasteiger partial charge in [0.1, 0.15) is 12.4 Å². The minimum absolute atomic E-state index is 0.186. The molecule has 1 aromatic heterocycles. The first-order valence-electron chi connectivity index (χ1n) is 17.9. The van der Waals surface area contributed by atoms with Crippen molar-refractivity contribution in [3.8, 4) is 0 Å². The molecule has 13 heteroatoms. The third kappa shape index (κ3) is 8.37. The third-order valence-corrected chi connectivity index (χ3v) is 10.2. The number of hydrogen-bond donors (Lipinski definition) is 2. The van der Waals surface area contributed by atoms with Crippen molar-refractivity contribution in [2.24, 2.45) is 0 Å². The van der Waals surface area contributed by atoms with Gasteiger partial charge >= 0.3 is 7.12 Å². The largest absolute Gasteiger partial charge is 0.457 e. The zero-order valence-corrected chi connectivity index (χ0v) is 30.4. The van der Waals surface area contributed by atoms with Gasteiger partial charge in [-0.3, -0.25) is 10.1 Å². The van der Waals surface area contributed by atoms with Crippen LogP contribution >= 0.6 is 0 Å². The molecule has 9 nitrogen and oxygen atoms in total. The summed E-state index contributed by atoms with van der Waals surface area (Å²) in [6, 6.07) is 31.1. The van der Waals surface area contributed by atoms with E-state index in [2.05, 4.69) is 62.6 Å². The lowest BCUT2D eigenvalue weighted by molar-refractivity contribution is -0.122. The van der Waals surface area contributed by atoms with E-state index in [1.54, 1.807) is 0 Å². The maximum atomic E-state index is 14.3. The number of carbonyl (C=O) groups is 1. The van der Waals surface area contributed by atoms with Crippen LogP contribution in [0.25, 0.3) is 0 Å². The average Bonchev–Trinajstić information content (AvgIpc) is 3.69. The Morgan fingerprint density at radius 2 is 1.32 bits per heavy atom. The normalized spacial score (nSPS) is 15.7. The molecule has 1 amide bonds. The Hall–Kier alpha value is -4.85. The Bertz CT molecular complexity index is 1870. The maximum Gasteiger partial charge on any atom is 0.457 e. The molecule has 0 spiro atoms. The second-order valence-corrected chi connectivity index (χ2v) is 14.3. The molecular weight excluding hydrogens is 680 g/mol. The lowest BCUT2D eigenvalue weighted by atomic mass is 9.76. The van der Waals surface area contributed by atoms with Crippen molar-refractivity contribution >= 4 is 13.0 Å². The van der Waals surface area contributed by atoms with Gasteiger partial charge < -0.3 is 14.6 Å². The second kappa shape index (κ2) is 16.0. The Morgan fingerprint density at radius 1 is 0.792 bits per heavy atom. The Balaban J connectivity index is 1.31. The minimum atomic E-state index is -1.30. The fourth-order valence-corrected chi connectivity index (χ4v) is 6.74. The highest BCUT2D eigenvalue weighted by Gasteiger charge is 2.50. The first-order chi connectivity index (χ1) is 25.4. The summed E-state index contributed by atoms with van der Waals surface area (Å²) in [5, 5.41) is 19.2. The van der Waals surface area contributed by atoms with Crippen LogP contribution in [0.5, 0.6) is 0 Å². The molecule has 6 rings (SSSR count). The van der Waals surface area contributed by atoms with Crippen LogP contribution in [-0.4, -0.2) is 44.4 Å². The van der Waals surface area contributed by atoms with Gasteiger partial charge in [0.25, 0.3) is 0 Å². The molecule has 4 aromatic carbocycles. The van der Waals surface area contributed by atoms with Crippen LogP contribution < -0.4 is 10.6 Å². The van der Waals surface area contributed by atoms with Gasteiger partial charge in [-0.2, -0.15) is 0 Å². The highest BCUT2D eigenvalue weighted by molar-refractivity contribution is 6.45. The van der Waals surface area contributed by atoms with E-state index < -0.39 is 46.1 Å². The zero-order chi connectivity index (χ0) is 37.6. The third-order valence-electron chi connectivity index (χ3n) is 10.2. The van der Waals surface area contributed by atoms with E-state index in [9.17, 15) is 18.0 Å². The summed E-state index contributed by atoms with van der Waals surface area (Å²) in [6.07, 6.45) is 2.79. The minimum Gasteiger partial charge on any atom is -0.403 e. The standard InChI is InChI=1S/C40H44BF3N6O3/c1-38(2)39(3,4)53-41(52-38)23-15-14-22-35(37-47-48-49-50(37)27-36(51)45-26-28-24-33(43)34(44)25-32(28)42)46-40(29-16-8-5-9-17-29,30-18-10-6-11-19-30)31-20-12-7-13-21-31/h5-13,16-21,24-25,35,46H,14-15,22-23,26-27H2,1-4H3,(H,45,51). The molecule has 0 bridgehead atoms. The SMILES string of the molecule is CC1(C)OB(CCCCC(NC(c2ccccc2)(c2ccccc2)c2ccccc2)c2nnnn2CC(=O)NCc2cc(F)c(F)cc2F)OC1(C)C. The lowest BCUT2D eigenvalue weighted by Gasteiger charge is -2.40. The van der Waals surface area contributed by atoms with E-state index >= 15 is 0 Å². The molecular formula is C40H44BF3N6O3. The molecule has 1 atom stereocenters. The van der Waals surface area contributed by atoms with E-state index in [0.29, 0.717) is 24.6 Å². The molecule has 2 heterocycles. The summed E-state index contributed by atoms with van der Waals surface area (Å²) in [4.78, 5) is 13.2. The number of hydrogen-bond acceptors (Lipinski definition) is 7. The van der Waals surface area contributed by atoms with Gasteiger partial charge in [0.15, 0.2) is 17.5 Å². The van der Waals surface area contributed by atoms with E-state index in [0.717, 1.165) is 35.6 Å². The van der Waals surface area contributed by atoms with Crippen molar-refractivity contribution in [2.45, 2.75) is 89.1 Å². The zero-order valence-electron chi connectivity index (χ0n) is 30.4. The van der Waals surface area contributed by atoms with Crippen molar-refractivity contribution in [3.63, 3.8) is 0 Å². The van der Waals surface area contributed by atoms with Gasteiger partial charge in [0.2, 0.25) is 5.91 Å². The maximum absolute atomic E-state index is 14.3. The van der Waals surface area contributed by atoms with Crippen LogP contribution in [0.2, 0.25) is 6.32 Å². The van der Waals surface area contributed by atoms with Crippen LogP contribution in [0.4, 0.5) is 13.2 Å². The molecule has 1 aliphatic heterocycles. The van der Waals surface area contributed by atoms with Crippen molar-refractivity contribution < 1.29 is 27.3 Å². The monoisotopic (exact) mass is 724 g/mol. The Kier molecular flexibility index (Phi) is 11.5. The number of unbranched alkanes of at least 4 members (excludes halogenated alkanes) is 1. The van der Waals surface area contributed by atoms with E-state index in [1.165, 1.54) is 4.68 Å². The smallest absolute Gasteiger partial charge is 0.403 e. The molecule has 0 aliphatic carbocycles. The number of amides is 1. The fraction of sp³-hybridized carbons (Fsp3) is 0.350. The lowest BCUT2D eigenvalue weighted by Crippen LogP contribution is -2.47. The predicted octanol–water partition coefficient (Wildman–Crippen LogP) is 7.29. The average molecular weight is 725 g/mol. The molecule has 53 heavy (non-hydrogen) atoms. The summed E-state index contributed by atoms with van der Waals surface area (Å²) in [5.74, 6) is -3.59. The molecule has 1 aliphatic rings. The van der Waals surface area contributed by atoms with Gasteiger partial charge in [0.05, 0.1) is 22.8 Å². The molecule has 2 N–H and O–H groups in total. The van der Waals surface area contributed by atoms with Crippen LogP contribution in [0.15, 0.2) is 103 Å². The van der Waals surface area contributed by atoms with Gasteiger partial charge in [-0.1, -0.05) is 104 Å². The number of nitrogens with one attached hydrogen (secondary N) is 2. The van der Waals surface area contributed by atoms with Gasteiger partial charge in [0, 0.05) is 18.2 Å². The molecule has 276 valence electrons. The number of nitrogens with zero attached hydrogens (tertiary/aromatic N) is 4. The summed E-state index contributed by atoms with van der Waals surface area (Å²) < 4.78 is 55.5. The number of halogens is 3. The summed E-state index contributed by atoms with van der Waals surface area (Å²) in [6.45, 7) is 7.50. The van der Waals surface area contributed by atoms with E-state index in [4.69, 9.17) is 9.31 Å². The highest BCUT2D eigenvalue weighted by atomic mass is 19.2. The summed E-state index contributed by atoms with van der Waals surface area (Å²) in [5.41, 5.74) is 1.06. The molecule has 1 unspecified atom stereocenters. The number of aromatic nitrogens is 4. The van der Waals surface area contributed by atoms with Crippen molar-refractivity contribution in [3.05, 3.63) is 149 Å². The van der Waals surface area contributed by atoms with Gasteiger partial charge in [-0.25, -0.2) is 17.9 Å². The van der Waals surface area contributed by atoms with Crippen molar-refractivity contribution in [1.82, 2.24) is 30.8 Å². The topological polar surface area (TPSA) is 103 Å². The number of rotatable bonds is 15. The second-order valence-electron chi connectivity index (χ2n) is 14.3. The summed E-state index contributed by atoms with van der Waals surface area (Å²) in [7, 11) is -0.336. The first kappa shape index (κ1) is 37.9. The van der Waals surface area contributed by atoms with Crippen molar-refractivity contribution in [1.29, 1.82) is 0 Å². The molecule has 0 radical (unpaired) electrons. The molecule has 5 aromatic rings. The molecule has 1 fully saturated rings. The Labute approximate surface area is 308 Å². The summed E-state index contributed by atoms with van der Waals surface area (Å²) >= 11 is 0. The van der Waals surface area contributed by atoms with Crippen LogP contribution in [-0.2, 0) is 32.7 Å². The predicted molar refractivity (Wildman–Crippen MR) is 196 cm³/mol. The highest BCUT2D eigenvalue weighted by Crippen LogP contribution is 2.41. The molecule has 1 saturated heterocycles. The van der Waals surface area contributed by atoms with Crippen LogP contribution in [0.1, 0.15) is 81.1 Å². The van der Waals surface area contributed by atoms with Gasteiger partial charge in [-0.15, -0.1) is 5.10 Å².